The lowest BCUT2D eigenvalue weighted by atomic mass is 10.0. The molecule has 4 heteroatoms. The molecule has 0 saturated heterocycles. The highest BCUT2D eigenvalue weighted by Crippen LogP contribution is 2.40. The number of nitrogens with one attached hydrogen (secondary N) is 2. The van der Waals surface area contributed by atoms with Crippen LogP contribution in [0.25, 0.3) is 0 Å². The van der Waals surface area contributed by atoms with Crippen LogP contribution in [0.4, 0.5) is 9.18 Å². The van der Waals surface area contributed by atoms with Gasteiger partial charge in [-0.2, -0.15) is 0 Å². The maximum atomic E-state index is 12.8. The van der Waals surface area contributed by atoms with Gasteiger partial charge in [-0.25, -0.2) is 9.18 Å². The van der Waals surface area contributed by atoms with Gasteiger partial charge in [-0.1, -0.05) is 42.5 Å². The molecule has 114 valence electrons. The second-order valence-corrected chi connectivity index (χ2v) is 5.68. The molecule has 1 aliphatic rings. The number of carbonyl (C=O) groups is 1. The lowest BCUT2D eigenvalue weighted by Crippen LogP contribution is -2.38. The molecule has 2 aromatic rings. The zero-order chi connectivity index (χ0) is 15.4. The molecule has 2 N–H and O–H groups in total. The van der Waals surface area contributed by atoms with Crippen LogP contribution in [0.3, 0.4) is 0 Å². The van der Waals surface area contributed by atoms with Crippen LogP contribution >= 0.6 is 0 Å². The van der Waals surface area contributed by atoms with Crippen molar-refractivity contribution in [3.63, 3.8) is 0 Å². The van der Waals surface area contributed by atoms with E-state index in [0.29, 0.717) is 12.5 Å². The van der Waals surface area contributed by atoms with Crippen LogP contribution < -0.4 is 10.6 Å². The van der Waals surface area contributed by atoms with E-state index >= 15 is 0 Å². The van der Waals surface area contributed by atoms with Crippen molar-refractivity contribution >= 4 is 6.03 Å². The molecule has 1 unspecified atom stereocenters. The second kappa shape index (κ2) is 6.60. The van der Waals surface area contributed by atoms with E-state index in [4.69, 9.17) is 0 Å². The Kier molecular flexibility index (Phi) is 4.37. The molecule has 0 heterocycles. The number of hydrogen-bond acceptors (Lipinski definition) is 1. The van der Waals surface area contributed by atoms with E-state index in [-0.39, 0.29) is 17.9 Å². The molecule has 0 bridgehead atoms. The zero-order valence-electron chi connectivity index (χ0n) is 12.3. The van der Waals surface area contributed by atoms with Crippen LogP contribution in [0.2, 0.25) is 0 Å². The van der Waals surface area contributed by atoms with Crippen molar-refractivity contribution < 1.29 is 9.18 Å². The lowest BCUT2D eigenvalue weighted by molar-refractivity contribution is 0.235. The summed E-state index contributed by atoms with van der Waals surface area (Å²) in [6.07, 6.45) is 2.30. The fraction of sp³-hybridized carbons (Fsp3) is 0.278. The Morgan fingerprint density at radius 3 is 2.41 bits per heavy atom. The third-order valence-corrected chi connectivity index (χ3v) is 3.91. The fourth-order valence-electron chi connectivity index (χ4n) is 2.54. The Balaban J connectivity index is 1.56. The van der Waals surface area contributed by atoms with Crippen LogP contribution in [0.15, 0.2) is 54.6 Å². The van der Waals surface area contributed by atoms with E-state index in [2.05, 4.69) is 10.6 Å². The van der Waals surface area contributed by atoms with Gasteiger partial charge < -0.3 is 10.6 Å². The molecule has 2 amide bonds. The van der Waals surface area contributed by atoms with Crippen LogP contribution in [0.1, 0.15) is 30.0 Å². The van der Waals surface area contributed by atoms with E-state index in [1.807, 2.05) is 30.3 Å². The van der Waals surface area contributed by atoms with Crippen molar-refractivity contribution in [2.75, 3.05) is 0 Å². The molecule has 0 spiro atoms. The van der Waals surface area contributed by atoms with Crippen LogP contribution in [0.5, 0.6) is 0 Å². The molecular weight excluding hydrogens is 279 g/mol. The quantitative estimate of drug-likeness (QED) is 0.866. The smallest absolute Gasteiger partial charge is 0.315 e. The topological polar surface area (TPSA) is 41.1 Å². The van der Waals surface area contributed by atoms with Crippen molar-refractivity contribution in [3.05, 3.63) is 71.5 Å². The van der Waals surface area contributed by atoms with Crippen LogP contribution in [0, 0.1) is 11.7 Å². The van der Waals surface area contributed by atoms with Crippen molar-refractivity contribution in [2.24, 2.45) is 5.92 Å². The first kappa shape index (κ1) is 14.6. The largest absolute Gasteiger partial charge is 0.334 e. The molecular formula is C18H19FN2O. The molecule has 0 aromatic heterocycles. The summed E-state index contributed by atoms with van der Waals surface area (Å²) in [4.78, 5) is 12.1. The summed E-state index contributed by atoms with van der Waals surface area (Å²) in [6.45, 7) is 0.387. The Morgan fingerprint density at radius 2 is 1.77 bits per heavy atom. The third kappa shape index (κ3) is 3.85. The maximum Gasteiger partial charge on any atom is 0.315 e. The first-order valence-corrected chi connectivity index (χ1v) is 7.56. The summed E-state index contributed by atoms with van der Waals surface area (Å²) in [6, 6.07) is 16.0. The summed E-state index contributed by atoms with van der Waals surface area (Å²) >= 11 is 0. The lowest BCUT2D eigenvalue weighted by Gasteiger charge is -2.19. The highest BCUT2D eigenvalue weighted by atomic mass is 19.1. The van der Waals surface area contributed by atoms with Crippen molar-refractivity contribution in [1.82, 2.24) is 10.6 Å². The van der Waals surface area contributed by atoms with Crippen molar-refractivity contribution in [2.45, 2.75) is 25.4 Å². The fourth-order valence-corrected chi connectivity index (χ4v) is 2.54. The van der Waals surface area contributed by atoms with Crippen molar-refractivity contribution in [3.8, 4) is 0 Å². The molecule has 1 fully saturated rings. The number of hydrogen-bond donors (Lipinski definition) is 2. The standard InChI is InChI=1S/C18H19FN2O/c19-16-10-6-13(7-11-16)12-20-18(22)21-17(15-8-9-15)14-4-2-1-3-5-14/h1-7,10-11,15,17H,8-9,12H2,(H2,20,21,22). The molecule has 1 aliphatic carbocycles. The molecule has 1 atom stereocenters. The molecule has 0 radical (unpaired) electrons. The number of rotatable bonds is 5. The predicted octanol–water partition coefficient (Wildman–Crippen LogP) is 3.78. The van der Waals surface area contributed by atoms with Gasteiger partial charge in [0.15, 0.2) is 0 Å². The first-order valence-electron chi connectivity index (χ1n) is 7.56. The summed E-state index contributed by atoms with van der Waals surface area (Å²) in [7, 11) is 0. The Bertz CT molecular complexity index is 623. The zero-order valence-corrected chi connectivity index (χ0v) is 12.3. The van der Waals surface area contributed by atoms with Crippen LogP contribution in [-0.4, -0.2) is 6.03 Å². The van der Waals surface area contributed by atoms with Gasteiger partial charge in [-0.05, 0) is 42.0 Å². The van der Waals surface area contributed by atoms with Gasteiger partial charge in [-0.3, -0.25) is 0 Å². The minimum absolute atomic E-state index is 0.0643. The minimum Gasteiger partial charge on any atom is -0.334 e. The minimum atomic E-state index is -0.272. The van der Waals surface area contributed by atoms with Gasteiger partial charge in [0.05, 0.1) is 6.04 Å². The van der Waals surface area contributed by atoms with Gasteiger partial charge >= 0.3 is 6.03 Å². The summed E-state index contributed by atoms with van der Waals surface area (Å²) in [5.74, 6) is 0.255. The molecule has 0 aliphatic heterocycles. The van der Waals surface area contributed by atoms with Gasteiger partial charge in [0.1, 0.15) is 5.82 Å². The summed E-state index contributed by atoms with van der Waals surface area (Å²) < 4.78 is 12.8. The molecule has 3 rings (SSSR count). The second-order valence-electron chi connectivity index (χ2n) is 5.68. The third-order valence-electron chi connectivity index (χ3n) is 3.91. The molecule has 1 saturated carbocycles. The maximum absolute atomic E-state index is 12.8. The van der Waals surface area contributed by atoms with Gasteiger partial charge in [0.2, 0.25) is 0 Å². The normalized spacial score (nSPS) is 15.1. The highest BCUT2D eigenvalue weighted by Gasteiger charge is 2.33. The van der Waals surface area contributed by atoms with E-state index in [1.54, 1.807) is 12.1 Å². The SMILES string of the molecule is O=C(NCc1ccc(F)cc1)NC(c1ccccc1)C1CC1. The first-order chi connectivity index (χ1) is 10.7. The molecule has 2 aromatic carbocycles. The molecule has 3 nitrogen and oxygen atoms in total. The van der Waals surface area contributed by atoms with Crippen molar-refractivity contribution in [1.29, 1.82) is 0 Å². The summed E-state index contributed by atoms with van der Waals surface area (Å²) in [5, 5.41) is 5.88. The van der Waals surface area contributed by atoms with Gasteiger partial charge in [-0.15, -0.1) is 0 Å². The number of halogens is 1. The van der Waals surface area contributed by atoms with E-state index in [0.717, 1.165) is 24.0 Å². The average Bonchev–Trinajstić information content (AvgIpc) is 3.38. The number of amides is 2. The van der Waals surface area contributed by atoms with E-state index < -0.39 is 0 Å². The predicted molar refractivity (Wildman–Crippen MR) is 83.7 cm³/mol. The summed E-state index contributed by atoms with van der Waals surface area (Å²) in [5.41, 5.74) is 2.01. The van der Waals surface area contributed by atoms with Gasteiger partial charge in [0.25, 0.3) is 0 Å². The van der Waals surface area contributed by atoms with E-state index in [9.17, 15) is 9.18 Å². The van der Waals surface area contributed by atoms with E-state index in [1.165, 1.54) is 12.1 Å². The number of carbonyl (C=O) groups excluding carboxylic acids is 1. The Morgan fingerprint density at radius 1 is 1.09 bits per heavy atom. The number of urea groups is 1. The molecule has 22 heavy (non-hydrogen) atoms. The number of benzene rings is 2. The average molecular weight is 298 g/mol. The highest BCUT2D eigenvalue weighted by molar-refractivity contribution is 5.74. The monoisotopic (exact) mass is 298 g/mol. The Labute approximate surface area is 129 Å². The van der Waals surface area contributed by atoms with Gasteiger partial charge in [0, 0.05) is 6.54 Å². The Hall–Kier alpha value is -2.36. The van der Waals surface area contributed by atoms with Crippen LogP contribution in [-0.2, 0) is 6.54 Å².